The number of fused-ring (bicyclic) bond motifs is 2. The van der Waals surface area contributed by atoms with Crippen LogP contribution in [0.3, 0.4) is 0 Å². The van der Waals surface area contributed by atoms with Crippen LogP contribution in [0.1, 0.15) is 10.4 Å². The molecule has 9 heteroatoms. The van der Waals surface area contributed by atoms with E-state index >= 15 is 0 Å². The summed E-state index contributed by atoms with van der Waals surface area (Å²) in [4.78, 5) is 26.8. The first-order valence-corrected chi connectivity index (χ1v) is 11.7. The van der Waals surface area contributed by atoms with Crippen molar-refractivity contribution in [3.8, 4) is 22.5 Å². The number of amides is 1. The topological polar surface area (TPSA) is 120 Å². The summed E-state index contributed by atoms with van der Waals surface area (Å²) in [6, 6.07) is 17.1. The van der Waals surface area contributed by atoms with E-state index in [0.717, 1.165) is 11.1 Å². The molecule has 0 spiro atoms. The SMILES string of the molecule is CN(C)c1ccc2c(-c3ccccc3C(=O)NCCS(=O)(=O)[O-])c3ccc(=O)cc-3oc2c1. The minimum atomic E-state index is -4.45. The van der Waals surface area contributed by atoms with Gasteiger partial charge in [0.1, 0.15) is 11.3 Å². The first kappa shape index (κ1) is 22.5. The maximum Gasteiger partial charge on any atom is 0.251 e. The molecule has 4 rings (SSSR count). The van der Waals surface area contributed by atoms with E-state index in [-0.39, 0.29) is 12.0 Å². The maximum absolute atomic E-state index is 12.9. The van der Waals surface area contributed by atoms with Gasteiger partial charge in [0.05, 0.1) is 15.9 Å². The quantitative estimate of drug-likeness (QED) is 0.343. The van der Waals surface area contributed by atoms with Crippen molar-refractivity contribution in [3.05, 3.63) is 76.5 Å². The second kappa shape index (κ2) is 8.68. The third-order valence-corrected chi connectivity index (χ3v) is 5.98. The number of nitrogens with zero attached hydrogens (tertiary/aromatic N) is 1. The average Bonchev–Trinajstić information content (AvgIpc) is 2.76. The van der Waals surface area contributed by atoms with E-state index in [1.54, 1.807) is 30.3 Å². The monoisotopic (exact) mass is 465 g/mol. The van der Waals surface area contributed by atoms with Crippen LogP contribution in [0.25, 0.3) is 33.4 Å². The molecular formula is C24H21N2O6S-. The van der Waals surface area contributed by atoms with Gasteiger partial charge < -0.3 is 19.2 Å². The summed E-state index contributed by atoms with van der Waals surface area (Å²) < 4.78 is 38.7. The van der Waals surface area contributed by atoms with E-state index in [0.29, 0.717) is 33.6 Å². The third-order valence-electron chi connectivity index (χ3n) is 5.27. The van der Waals surface area contributed by atoms with E-state index in [1.165, 1.54) is 12.1 Å². The minimum absolute atomic E-state index is 0.204. The molecule has 1 N–H and O–H groups in total. The first-order valence-electron chi connectivity index (χ1n) is 10.1. The lowest BCUT2D eigenvalue weighted by Crippen LogP contribution is -2.29. The zero-order valence-electron chi connectivity index (χ0n) is 18.0. The molecule has 0 saturated carbocycles. The van der Waals surface area contributed by atoms with Crippen LogP contribution >= 0.6 is 0 Å². The average molecular weight is 466 g/mol. The molecule has 8 nitrogen and oxygen atoms in total. The molecule has 0 atom stereocenters. The Hall–Kier alpha value is -3.69. The standard InChI is InChI=1S/C24H22N2O6S/c1-26(2)15-7-9-19-21(13-15)32-22-14-16(27)8-10-20(22)23(19)17-5-3-4-6-18(17)24(28)25-11-12-33(29,30)31/h3-10,13-14H,11-12H2,1-2H3,(H,25,28)(H,29,30,31)/p-1. The second-order valence-corrected chi connectivity index (χ2v) is 9.30. The van der Waals surface area contributed by atoms with Crippen molar-refractivity contribution < 1.29 is 22.2 Å². The molecule has 2 aromatic carbocycles. The highest BCUT2D eigenvalue weighted by atomic mass is 32.2. The van der Waals surface area contributed by atoms with Gasteiger partial charge in [-0.05, 0) is 35.9 Å². The number of benzene rings is 3. The van der Waals surface area contributed by atoms with Crippen LogP contribution in [0.15, 0.2) is 69.9 Å². The van der Waals surface area contributed by atoms with Crippen LogP contribution in [0.2, 0.25) is 0 Å². The first-order chi connectivity index (χ1) is 15.6. The highest BCUT2D eigenvalue weighted by molar-refractivity contribution is 7.85. The van der Waals surface area contributed by atoms with Gasteiger partial charge >= 0.3 is 0 Å². The number of hydrogen-bond donors (Lipinski definition) is 1. The largest absolute Gasteiger partial charge is 0.748 e. The number of anilines is 1. The Kier molecular flexibility index (Phi) is 5.92. The van der Waals surface area contributed by atoms with Crippen LogP contribution in [-0.4, -0.2) is 45.3 Å². The predicted octanol–water partition coefficient (Wildman–Crippen LogP) is 2.91. The molecule has 33 heavy (non-hydrogen) atoms. The molecule has 170 valence electrons. The minimum Gasteiger partial charge on any atom is -0.748 e. The van der Waals surface area contributed by atoms with E-state index < -0.39 is 21.8 Å². The lowest BCUT2D eigenvalue weighted by atomic mass is 9.90. The zero-order valence-corrected chi connectivity index (χ0v) is 18.8. The highest BCUT2D eigenvalue weighted by Crippen LogP contribution is 2.41. The number of hydrogen-bond acceptors (Lipinski definition) is 7. The van der Waals surface area contributed by atoms with E-state index in [9.17, 15) is 22.6 Å². The summed E-state index contributed by atoms with van der Waals surface area (Å²) >= 11 is 0. The van der Waals surface area contributed by atoms with Gasteiger partial charge in [0.2, 0.25) is 0 Å². The Labute approximate surface area is 190 Å². The van der Waals surface area contributed by atoms with Crippen molar-refractivity contribution in [2.24, 2.45) is 0 Å². The van der Waals surface area contributed by atoms with E-state index in [1.807, 2.05) is 37.2 Å². The summed E-state index contributed by atoms with van der Waals surface area (Å²) in [7, 11) is -0.641. The van der Waals surface area contributed by atoms with Crippen molar-refractivity contribution >= 4 is 32.7 Å². The maximum atomic E-state index is 12.9. The van der Waals surface area contributed by atoms with Gasteiger partial charge in [-0.3, -0.25) is 9.59 Å². The molecule has 1 aliphatic heterocycles. The van der Waals surface area contributed by atoms with Gasteiger partial charge in [0, 0.05) is 60.5 Å². The Morgan fingerprint density at radius 1 is 1.03 bits per heavy atom. The molecule has 0 unspecified atom stereocenters. The van der Waals surface area contributed by atoms with Crippen molar-refractivity contribution in [1.82, 2.24) is 5.32 Å². The highest BCUT2D eigenvalue weighted by Gasteiger charge is 2.21. The summed E-state index contributed by atoms with van der Waals surface area (Å²) in [5.41, 5.74) is 3.49. The Bertz CT molecular complexity index is 1490. The van der Waals surface area contributed by atoms with Gasteiger partial charge in [-0.15, -0.1) is 0 Å². The normalized spacial score (nSPS) is 11.6. The Morgan fingerprint density at radius 3 is 2.52 bits per heavy atom. The lowest BCUT2D eigenvalue weighted by molar-refractivity contribution is 0.0956. The molecule has 0 radical (unpaired) electrons. The lowest BCUT2D eigenvalue weighted by Gasteiger charge is -2.19. The number of nitrogens with one attached hydrogen (secondary N) is 1. The predicted molar refractivity (Wildman–Crippen MR) is 126 cm³/mol. The zero-order chi connectivity index (χ0) is 23.8. The number of carbonyl (C=O) groups excluding carboxylic acids is 1. The van der Waals surface area contributed by atoms with Gasteiger partial charge in [-0.25, -0.2) is 8.42 Å². The fourth-order valence-electron chi connectivity index (χ4n) is 3.71. The number of carbonyl (C=O) groups is 1. The molecule has 0 fully saturated rings. The molecule has 2 aliphatic rings. The number of rotatable bonds is 6. The van der Waals surface area contributed by atoms with E-state index in [2.05, 4.69) is 5.32 Å². The van der Waals surface area contributed by atoms with Gasteiger partial charge in [0.15, 0.2) is 5.43 Å². The van der Waals surface area contributed by atoms with Crippen LogP contribution < -0.4 is 15.6 Å². The fraction of sp³-hybridized carbons (Fsp3) is 0.167. The molecule has 1 aliphatic carbocycles. The van der Waals surface area contributed by atoms with Crippen molar-refractivity contribution in [2.45, 2.75) is 0 Å². The van der Waals surface area contributed by atoms with Crippen molar-refractivity contribution in [2.75, 3.05) is 31.3 Å². The second-order valence-electron chi connectivity index (χ2n) is 7.77. The molecule has 0 saturated heterocycles. The van der Waals surface area contributed by atoms with E-state index in [4.69, 9.17) is 4.42 Å². The van der Waals surface area contributed by atoms with Gasteiger partial charge in [0.25, 0.3) is 5.91 Å². The van der Waals surface area contributed by atoms with Gasteiger partial charge in [-0.2, -0.15) is 0 Å². The van der Waals surface area contributed by atoms with Crippen molar-refractivity contribution in [3.63, 3.8) is 0 Å². The molecule has 0 bridgehead atoms. The molecule has 2 aromatic rings. The molecular weight excluding hydrogens is 444 g/mol. The molecule has 1 heterocycles. The molecule has 0 aromatic heterocycles. The van der Waals surface area contributed by atoms with Crippen LogP contribution in [0.4, 0.5) is 5.69 Å². The summed E-state index contributed by atoms with van der Waals surface area (Å²) in [6.45, 7) is -0.295. The van der Waals surface area contributed by atoms with Crippen LogP contribution in [0.5, 0.6) is 0 Å². The summed E-state index contributed by atoms with van der Waals surface area (Å²) in [6.07, 6.45) is 0. The Balaban J connectivity index is 1.92. The Morgan fingerprint density at radius 2 is 1.79 bits per heavy atom. The van der Waals surface area contributed by atoms with Crippen LogP contribution in [-0.2, 0) is 10.1 Å². The fourth-order valence-corrected chi connectivity index (χ4v) is 4.06. The molecule has 1 amide bonds. The third kappa shape index (κ3) is 4.74. The van der Waals surface area contributed by atoms with Crippen LogP contribution in [0, 0.1) is 0 Å². The smallest absolute Gasteiger partial charge is 0.251 e. The van der Waals surface area contributed by atoms with Gasteiger partial charge in [-0.1, -0.05) is 18.2 Å². The summed E-state index contributed by atoms with van der Waals surface area (Å²) in [5.74, 6) is -0.827. The van der Waals surface area contributed by atoms with Crippen molar-refractivity contribution in [1.29, 1.82) is 0 Å². The summed E-state index contributed by atoms with van der Waals surface area (Å²) in [5, 5.41) is 3.24.